The maximum absolute atomic E-state index is 6.08. The van der Waals surface area contributed by atoms with Crippen LogP contribution < -0.4 is 10.6 Å². The fraction of sp³-hybridized carbons (Fsp3) is 0.643. The van der Waals surface area contributed by atoms with Gasteiger partial charge in [-0.2, -0.15) is 0 Å². The molecule has 2 heterocycles. The van der Waals surface area contributed by atoms with Crippen LogP contribution in [0.2, 0.25) is 5.02 Å². The smallest absolute Gasteiger partial charge is 0.129 e. The van der Waals surface area contributed by atoms with Gasteiger partial charge in [-0.05, 0) is 37.3 Å². The summed E-state index contributed by atoms with van der Waals surface area (Å²) in [5.74, 6) is 1.94. The second-order valence-corrected chi connectivity index (χ2v) is 5.80. The number of nitrogens with two attached hydrogens (primary N) is 1. The first-order chi connectivity index (χ1) is 8.79. The van der Waals surface area contributed by atoms with Gasteiger partial charge in [0.25, 0.3) is 0 Å². The molecule has 4 heteroatoms. The molecule has 2 unspecified atom stereocenters. The standard InChI is InChI=1S/C14H20ClN3/c15-11-5-6-14(17-12(11)9-16)18-8-7-10-3-1-2-4-13(10)18/h5-6,10,13H,1-4,7-9,16H2. The van der Waals surface area contributed by atoms with Crippen molar-refractivity contribution in [2.24, 2.45) is 11.7 Å². The molecule has 2 fully saturated rings. The van der Waals surface area contributed by atoms with Crippen molar-refractivity contribution < 1.29 is 0 Å². The first-order valence-corrected chi connectivity index (χ1v) is 7.29. The van der Waals surface area contributed by atoms with E-state index in [9.17, 15) is 0 Å². The molecule has 1 aliphatic carbocycles. The van der Waals surface area contributed by atoms with Crippen molar-refractivity contribution in [2.45, 2.75) is 44.7 Å². The number of rotatable bonds is 2. The molecule has 0 spiro atoms. The summed E-state index contributed by atoms with van der Waals surface area (Å²) < 4.78 is 0. The summed E-state index contributed by atoms with van der Waals surface area (Å²) in [5.41, 5.74) is 6.50. The molecular weight excluding hydrogens is 246 g/mol. The minimum atomic E-state index is 0.411. The Morgan fingerprint density at radius 3 is 2.94 bits per heavy atom. The average molecular weight is 266 g/mol. The topological polar surface area (TPSA) is 42.1 Å². The van der Waals surface area contributed by atoms with Gasteiger partial charge in [-0.15, -0.1) is 0 Å². The third-order valence-corrected chi connectivity index (χ3v) is 4.75. The summed E-state index contributed by atoms with van der Waals surface area (Å²) in [6.07, 6.45) is 6.77. The molecule has 18 heavy (non-hydrogen) atoms. The molecule has 1 aromatic heterocycles. The number of hydrogen-bond acceptors (Lipinski definition) is 3. The maximum atomic E-state index is 6.08. The Labute approximate surface area is 113 Å². The zero-order valence-corrected chi connectivity index (χ0v) is 11.4. The van der Waals surface area contributed by atoms with Crippen molar-refractivity contribution in [3.63, 3.8) is 0 Å². The molecule has 0 amide bonds. The van der Waals surface area contributed by atoms with E-state index in [1.54, 1.807) is 0 Å². The Morgan fingerprint density at radius 1 is 1.28 bits per heavy atom. The van der Waals surface area contributed by atoms with E-state index in [1.807, 2.05) is 12.1 Å². The van der Waals surface area contributed by atoms with E-state index in [-0.39, 0.29) is 0 Å². The van der Waals surface area contributed by atoms with Gasteiger partial charge in [0.2, 0.25) is 0 Å². The van der Waals surface area contributed by atoms with Crippen LogP contribution in [0.25, 0.3) is 0 Å². The highest BCUT2D eigenvalue weighted by molar-refractivity contribution is 6.31. The van der Waals surface area contributed by atoms with Crippen LogP contribution in [0.4, 0.5) is 5.82 Å². The predicted molar refractivity (Wildman–Crippen MR) is 74.8 cm³/mol. The predicted octanol–water partition coefficient (Wildman–Crippen LogP) is 2.96. The molecule has 3 rings (SSSR count). The quantitative estimate of drug-likeness (QED) is 0.894. The summed E-state index contributed by atoms with van der Waals surface area (Å²) in [6.45, 7) is 1.54. The van der Waals surface area contributed by atoms with Crippen LogP contribution in [0.3, 0.4) is 0 Å². The lowest BCUT2D eigenvalue weighted by Gasteiger charge is -2.32. The highest BCUT2D eigenvalue weighted by Crippen LogP contribution is 2.38. The Morgan fingerprint density at radius 2 is 2.11 bits per heavy atom. The summed E-state index contributed by atoms with van der Waals surface area (Å²) in [5, 5.41) is 0.681. The van der Waals surface area contributed by atoms with Crippen LogP contribution >= 0.6 is 11.6 Å². The third kappa shape index (κ3) is 2.10. The zero-order chi connectivity index (χ0) is 12.5. The van der Waals surface area contributed by atoms with E-state index < -0.39 is 0 Å². The van der Waals surface area contributed by atoms with Gasteiger partial charge in [-0.25, -0.2) is 4.98 Å². The van der Waals surface area contributed by atoms with Gasteiger partial charge in [0, 0.05) is 19.1 Å². The second kappa shape index (κ2) is 5.06. The minimum absolute atomic E-state index is 0.411. The van der Waals surface area contributed by atoms with Gasteiger partial charge < -0.3 is 10.6 Å². The van der Waals surface area contributed by atoms with Crippen molar-refractivity contribution in [1.29, 1.82) is 0 Å². The van der Waals surface area contributed by atoms with Crippen molar-refractivity contribution in [3.05, 3.63) is 22.8 Å². The number of anilines is 1. The summed E-state index contributed by atoms with van der Waals surface area (Å²) >= 11 is 6.08. The molecular formula is C14H20ClN3. The van der Waals surface area contributed by atoms with E-state index in [2.05, 4.69) is 9.88 Å². The van der Waals surface area contributed by atoms with Gasteiger partial charge in [0.15, 0.2) is 0 Å². The Kier molecular flexibility index (Phi) is 3.44. The molecule has 1 saturated heterocycles. The number of halogens is 1. The van der Waals surface area contributed by atoms with Crippen molar-refractivity contribution >= 4 is 17.4 Å². The molecule has 2 N–H and O–H groups in total. The fourth-order valence-corrected chi connectivity index (χ4v) is 3.65. The largest absolute Gasteiger partial charge is 0.353 e. The zero-order valence-electron chi connectivity index (χ0n) is 10.6. The number of aromatic nitrogens is 1. The first kappa shape index (κ1) is 12.2. The second-order valence-electron chi connectivity index (χ2n) is 5.40. The van der Waals surface area contributed by atoms with Crippen LogP contribution in [-0.2, 0) is 6.54 Å². The molecule has 1 saturated carbocycles. The molecule has 0 bridgehead atoms. The van der Waals surface area contributed by atoms with Gasteiger partial charge >= 0.3 is 0 Å². The van der Waals surface area contributed by atoms with E-state index in [0.717, 1.165) is 24.0 Å². The van der Waals surface area contributed by atoms with Crippen LogP contribution in [0.5, 0.6) is 0 Å². The van der Waals surface area contributed by atoms with E-state index in [4.69, 9.17) is 17.3 Å². The summed E-state index contributed by atoms with van der Waals surface area (Å²) in [7, 11) is 0. The molecule has 2 aliphatic rings. The molecule has 0 radical (unpaired) electrons. The molecule has 98 valence electrons. The highest BCUT2D eigenvalue weighted by atomic mass is 35.5. The van der Waals surface area contributed by atoms with Crippen molar-refractivity contribution in [3.8, 4) is 0 Å². The van der Waals surface area contributed by atoms with Crippen LogP contribution in [0.1, 0.15) is 37.8 Å². The fourth-order valence-electron chi connectivity index (χ4n) is 3.47. The molecule has 2 atom stereocenters. The minimum Gasteiger partial charge on any atom is -0.353 e. The summed E-state index contributed by atoms with van der Waals surface area (Å²) in [4.78, 5) is 7.10. The normalized spacial score (nSPS) is 27.3. The lowest BCUT2D eigenvalue weighted by Crippen LogP contribution is -2.35. The van der Waals surface area contributed by atoms with E-state index >= 15 is 0 Å². The van der Waals surface area contributed by atoms with Crippen LogP contribution in [-0.4, -0.2) is 17.6 Å². The Balaban J connectivity index is 1.86. The number of hydrogen-bond donors (Lipinski definition) is 1. The monoisotopic (exact) mass is 265 g/mol. The third-order valence-electron chi connectivity index (χ3n) is 4.40. The van der Waals surface area contributed by atoms with Crippen molar-refractivity contribution in [2.75, 3.05) is 11.4 Å². The van der Waals surface area contributed by atoms with Gasteiger partial charge in [-0.3, -0.25) is 0 Å². The lowest BCUT2D eigenvalue weighted by atomic mass is 9.85. The van der Waals surface area contributed by atoms with Gasteiger partial charge in [0.05, 0.1) is 10.7 Å². The molecule has 1 aromatic rings. The number of pyridine rings is 1. The lowest BCUT2D eigenvalue weighted by molar-refractivity contribution is 0.341. The van der Waals surface area contributed by atoms with Crippen LogP contribution in [0, 0.1) is 5.92 Å². The molecule has 3 nitrogen and oxygen atoms in total. The first-order valence-electron chi connectivity index (χ1n) is 6.91. The number of nitrogens with zero attached hydrogens (tertiary/aromatic N) is 2. The van der Waals surface area contributed by atoms with Crippen LogP contribution in [0.15, 0.2) is 12.1 Å². The van der Waals surface area contributed by atoms with E-state index in [1.165, 1.54) is 32.1 Å². The number of fused-ring (bicyclic) bond motifs is 1. The van der Waals surface area contributed by atoms with Gasteiger partial charge in [-0.1, -0.05) is 24.4 Å². The average Bonchev–Trinajstić information content (AvgIpc) is 2.83. The van der Waals surface area contributed by atoms with E-state index in [0.29, 0.717) is 17.6 Å². The molecule has 0 aromatic carbocycles. The highest BCUT2D eigenvalue weighted by Gasteiger charge is 2.36. The van der Waals surface area contributed by atoms with Crippen molar-refractivity contribution in [1.82, 2.24) is 4.98 Å². The SMILES string of the molecule is NCc1nc(N2CCC3CCCCC32)ccc1Cl. The Bertz CT molecular complexity index is 435. The molecule has 1 aliphatic heterocycles. The maximum Gasteiger partial charge on any atom is 0.129 e. The van der Waals surface area contributed by atoms with Gasteiger partial charge in [0.1, 0.15) is 5.82 Å². The summed E-state index contributed by atoms with van der Waals surface area (Å²) in [6, 6.07) is 4.67. The Hall–Kier alpha value is -0.800.